The van der Waals surface area contributed by atoms with E-state index in [1.165, 1.54) is 11.3 Å². The molecule has 2 rings (SSSR count). The highest BCUT2D eigenvalue weighted by Crippen LogP contribution is 2.34. The summed E-state index contributed by atoms with van der Waals surface area (Å²) in [5.41, 5.74) is 0. The van der Waals surface area contributed by atoms with Gasteiger partial charge in [0.05, 0.1) is 14.8 Å². The van der Waals surface area contributed by atoms with Crippen molar-refractivity contribution >= 4 is 37.3 Å². The summed E-state index contributed by atoms with van der Waals surface area (Å²) in [4.78, 5) is 1.21. The Hall–Kier alpha value is 0.0500. The van der Waals surface area contributed by atoms with Crippen LogP contribution in [0.25, 0.3) is 0 Å². The average Bonchev–Trinajstić information content (AvgIpc) is 2.59. The largest absolute Gasteiger partial charge is 0.393 e. The smallest absolute Gasteiger partial charge is 0.244 e. The van der Waals surface area contributed by atoms with E-state index in [0.717, 1.165) is 34.3 Å². The molecule has 1 aromatic rings. The zero-order valence-corrected chi connectivity index (χ0v) is 15.6. The molecule has 0 bridgehead atoms. The second kappa shape index (κ2) is 7.08. The lowest BCUT2D eigenvalue weighted by atomic mass is 10.1. The minimum Gasteiger partial charge on any atom is -0.393 e. The lowest BCUT2D eigenvalue weighted by molar-refractivity contribution is 0.147. The summed E-state index contributed by atoms with van der Waals surface area (Å²) in [6, 6.07) is 1.59. The normalized spacial score (nSPS) is 23.0. The maximum atomic E-state index is 13.0. The fraction of sp³-hybridized carbons (Fsp3) is 0.714. The Balaban J connectivity index is 2.36. The molecule has 0 radical (unpaired) electrons. The molecule has 0 amide bonds. The molecular weight excluding hydrogens is 374 g/mol. The van der Waals surface area contributed by atoms with E-state index in [2.05, 4.69) is 15.9 Å². The first kappa shape index (κ1) is 17.4. The van der Waals surface area contributed by atoms with Gasteiger partial charge in [-0.05, 0) is 55.1 Å². The van der Waals surface area contributed by atoms with Crippen molar-refractivity contribution in [2.45, 2.75) is 63.0 Å². The molecule has 2 atom stereocenters. The van der Waals surface area contributed by atoms with Crippen molar-refractivity contribution in [3.8, 4) is 0 Å². The lowest BCUT2D eigenvalue weighted by Gasteiger charge is -2.30. The Labute approximate surface area is 139 Å². The predicted octanol–water partition coefficient (Wildman–Crippen LogP) is 3.52. The van der Waals surface area contributed by atoms with Gasteiger partial charge in [0.2, 0.25) is 10.0 Å². The van der Waals surface area contributed by atoms with Gasteiger partial charge in [0.1, 0.15) is 0 Å². The van der Waals surface area contributed by atoms with Crippen LogP contribution >= 0.6 is 27.3 Å². The van der Waals surface area contributed by atoms with Gasteiger partial charge in [-0.25, -0.2) is 8.42 Å². The minimum absolute atomic E-state index is 0.101. The fourth-order valence-corrected chi connectivity index (χ4v) is 7.00. The lowest BCUT2D eigenvalue weighted by Crippen LogP contribution is -2.41. The summed E-state index contributed by atoms with van der Waals surface area (Å²) in [6.45, 7) is 4.11. The van der Waals surface area contributed by atoms with E-state index in [1.807, 2.05) is 6.92 Å². The third kappa shape index (κ3) is 4.07. The Kier molecular flexibility index (Phi) is 5.87. The molecule has 120 valence electrons. The van der Waals surface area contributed by atoms with Gasteiger partial charge >= 0.3 is 0 Å². The van der Waals surface area contributed by atoms with Gasteiger partial charge in [-0.1, -0.05) is 12.8 Å². The summed E-state index contributed by atoms with van der Waals surface area (Å²) in [6.07, 6.45) is 3.81. The Morgan fingerprint density at radius 3 is 2.76 bits per heavy atom. The summed E-state index contributed by atoms with van der Waals surface area (Å²) in [5.74, 6) is 0. The SMILES string of the molecule is Cc1sc(Br)cc1S(=O)(=O)N1CCCCCC1CC(C)O. The molecule has 1 aromatic heterocycles. The van der Waals surface area contributed by atoms with Crippen LogP contribution in [0.5, 0.6) is 0 Å². The molecule has 0 aromatic carbocycles. The van der Waals surface area contributed by atoms with Gasteiger partial charge in [-0.2, -0.15) is 4.31 Å². The monoisotopic (exact) mass is 395 g/mol. The zero-order chi connectivity index (χ0) is 15.6. The van der Waals surface area contributed by atoms with Crippen LogP contribution in [-0.4, -0.2) is 36.5 Å². The molecule has 2 unspecified atom stereocenters. The molecule has 0 spiro atoms. The van der Waals surface area contributed by atoms with E-state index < -0.39 is 16.1 Å². The number of nitrogens with zero attached hydrogens (tertiary/aromatic N) is 1. The second-order valence-electron chi connectivity index (χ2n) is 5.67. The fourth-order valence-electron chi connectivity index (χ4n) is 2.91. The van der Waals surface area contributed by atoms with Crippen LogP contribution < -0.4 is 0 Å². The maximum absolute atomic E-state index is 13.0. The quantitative estimate of drug-likeness (QED) is 0.847. The highest BCUT2D eigenvalue weighted by molar-refractivity contribution is 9.11. The molecule has 0 aliphatic carbocycles. The van der Waals surface area contributed by atoms with Crippen molar-refractivity contribution in [2.24, 2.45) is 0 Å². The molecule has 0 saturated carbocycles. The van der Waals surface area contributed by atoms with Gasteiger partial charge in [0.15, 0.2) is 0 Å². The highest BCUT2D eigenvalue weighted by Gasteiger charge is 2.34. The molecule has 1 saturated heterocycles. The molecule has 7 heteroatoms. The number of sulfonamides is 1. The third-order valence-corrected chi connectivity index (χ3v) is 7.63. The molecule has 1 N–H and O–H groups in total. The first-order valence-electron chi connectivity index (χ1n) is 7.28. The summed E-state index contributed by atoms with van der Waals surface area (Å²) < 4.78 is 28.4. The van der Waals surface area contributed by atoms with Crippen molar-refractivity contribution < 1.29 is 13.5 Å². The number of thiophene rings is 1. The van der Waals surface area contributed by atoms with Gasteiger partial charge in [0, 0.05) is 17.5 Å². The molecule has 2 heterocycles. The summed E-state index contributed by atoms with van der Waals surface area (Å²) in [7, 11) is -3.49. The van der Waals surface area contributed by atoms with E-state index in [1.54, 1.807) is 17.3 Å². The van der Waals surface area contributed by atoms with E-state index in [0.29, 0.717) is 17.9 Å². The first-order valence-corrected chi connectivity index (χ1v) is 10.3. The number of aliphatic hydroxyl groups is 1. The Morgan fingerprint density at radius 2 is 2.19 bits per heavy atom. The van der Waals surface area contributed by atoms with Crippen molar-refractivity contribution in [2.75, 3.05) is 6.54 Å². The Bertz CT molecular complexity index is 583. The molecule has 1 aliphatic rings. The van der Waals surface area contributed by atoms with E-state index in [4.69, 9.17) is 0 Å². The number of hydrogen-bond acceptors (Lipinski definition) is 4. The van der Waals surface area contributed by atoms with E-state index >= 15 is 0 Å². The molecule has 1 aliphatic heterocycles. The van der Waals surface area contributed by atoms with Crippen molar-refractivity contribution in [3.63, 3.8) is 0 Å². The van der Waals surface area contributed by atoms with Crippen LogP contribution in [0.1, 0.15) is 43.9 Å². The highest BCUT2D eigenvalue weighted by atomic mass is 79.9. The van der Waals surface area contributed by atoms with Crippen LogP contribution in [0, 0.1) is 6.92 Å². The van der Waals surface area contributed by atoms with Gasteiger partial charge < -0.3 is 5.11 Å². The van der Waals surface area contributed by atoms with Crippen molar-refractivity contribution in [1.82, 2.24) is 4.31 Å². The van der Waals surface area contributed by atoms with Crippen LogP contribution in [0.2, 0.25) is 0 Å². The predicted molar refractivity (Wildman–Crippen MR) is 89.2 cm³/mol. The average molecular weight is 396 g/mol. The van der Waals surface area contributed by atoms with Crippen LogP contribution in [0.15, 0.2) is 14.7 Å². The van der Waals surface area contributed by atoms with E-state index in [-0.39, 0.29) is 6.04 Å². The van der Waals surface area contributed by atoms with Crippen LogP contribution in [0.3, 0.4) is 0 Å². The summed E-state index contributed by atoms with van der Waals surface area (Å²) >= 11 is 4.81. The molecular formula is C14H22BrNO3S2. The van der Waals surface area contributed by atoms with Crippen molar-refractivity contribution in [3.05, 3.63) is 14.7 Å². The second-order valence-corrected chi connectivity index (χ2v) is 10.2. The van der Waals surface area contributed by atoms with Crippen molar-refractivity contribution in [1.29, 1.82) is 0 Å². The third-order valence-electron chi connectivity index (χ3n) is 3.87. The van der Waals surface area contributed by atoms with Crippen LogP contribution in [0.4, 0.5) is 0 Å². The molecule has 1 fully saturated rings. The molecule has 21 heavy (non-hydrogen) atoms. The first-order chi connectivity index (χ1) is 9.82. The van der Waals surface area contributed by atoms with Gasteiger partial charge in [-0.15, -0.1) is 11.3 Å². The molecule has 4 nitrogen and oxygen atoms in total. The zero-order valence-electron chi connectivity index (χ0n) is 12.4. The number of halogens is 1. The number of aliphatic hydroxyl groups excluding tert-OH is 1. The standard InChI is InChI=1S/C14H22BrNO3S2/c1-10(17)8-12-6-4-3-5-7-16(12)21(18,19)13-9-14(15)20-11(13)2/h9-10,12,17H,3-8H2,1-2H3. The maximum Gasteiger partial charge on any atom is 0.244 e. The number of rotatable bonds is 4. The number of aryl methyl sites for hydroxylation is 1. The minimum atomic E-state index is -3.49. The van der Waals surface area contributed by atoms with E-state index in [9.17, 15) is 13.5 Å². The number of hydrogen-bond donors (Lipinski definition) is 1. The summed E-state index contributed by atoms with van der Waals surface area (Å²) in [5, 5.41) is 9.68. The van der Waals surface area contributed by atoms with Gasteiger partial charge in [0.25, 0.3) is 0 Å². The van der Waals surface area contributed by atoms with Crippen LogP contribution in [-0.2, 0) is 10.0 Å². The topological polar surface area (TPSA) is 57.6 Å². The van der Waals surface area contributed by atoms with Gasteiger partial charge in [-0.3, -0.25) is 0 Å². The Morgan fingerprint density at radius 1 is 1.48 bits per heavy atom.